The molecule has 0 spiro atoms. The molecule has 0 amide bonds. The van der Waals surface area contributed by atoms with Crippen LogP contribution in [0.5, 0.6) is 11.5 Å². The molecule has 6 nitrogen and oxygen atoms in total. The van der Waals surface area contributed by atoms with E-state index >= 15 is 0 Å². The fourth-order valence-corrected chi connectivity index (χ4v) is 4.92. The van der Waals surface area contributed by atoms with Crippen LogP contribution in [0.15, 0.2) is 12.1 Å². The van der Waals surface area contributed by atoms with Gasteiger partial charge in [0, 0.05) is 43.0 Å². The van der Waals surface area contributed by atoms with Gasteiger partial charge in [0.25, 0.3) is 0 Å². The fraction of sp³-hybridized carbons (Fsp3) is 0.640. The molecular formula is C25H37N3O3. The SMILES string of the molecule is COCCNc1c2c(nc3cc(OCCCN4CCCC4)c(OC)cc13)CC(C)(C)C2. The number of ether oxygens (including phenoxy) is 3. The van der Waals surface area contributed by atoms with Crippen LogP contribution >= 0.6 is 0 Å². The van der Waals surface area contributed by atoms with Crippen molar-refractivity contribution in [2.45, 2.75) is 46.0 Å². The molecule has 1 aromatic carbocycles. The zero-order valence-electron chi connectivity index (χ0n) is 19.6. The first-order chi connectivity index (χ1) is 15.0. The van der Waals surface area contributed by atoms with Crippen molar-refractivity contribution in [3.8, 4) is 11.5 Å². The average Bonchev–Trinajstić information content (AvgIpc) is 3.36. The number of hydrogen-bond donors (Lipinski definition) is 1. The van der Waals surface area contributed by atoms with Gasteiger partial charge in [-0.1, -0.05) is 13.8 Å². The third kappa shape index (κ3) is 5.07. The van der Waals surface area contributed by atoms with Gasteiger partial charge in [-0.25, -0.2) is 0 Å². The van der Waals surface area contributed by atoms with E-state index in [0.29, 0.717) is 13.2 Å². The van der Waals surface area contributed by atoms with E-state index in [1.165, 1.54) is 42.9 Å². The molecule has 6 heteroatoms. The normalized spacial score (nSPS) is 17.8. The van der Waals surface area contributed by atoms with Gasteiger partial charge < -0.3 is 24.4 Å². The Kier molecular flexibility index (Phi) is 6.87. The summed E-state index contributed by atoms with van der Waals surface area (Å²) in [4.78, 5) is 7.57. The maximum atomic E-state index is 6.16. The van der Waals surface area contributed by atoms with Crippen molar-refractivity contribution in [1.82, 2.24) is 9.88 Å². The lowest BCUT2D eigenvalue weighted by Crippen LogP contribution is -2.21. The molecule has 2 aliphatic rings. The van der Waals surface area contributed by atoms with Crippen molar-refractivity contribution in [1.29, 1.82) is 0 Å². The summed E-state index contributed by atoms with van der Waals surface area (Å²) in [6, 6.07) is 4.13. The number of pyridine rings is 1. The largest absolute Gasteiger partial charge is 0.493 e. The molecule has 4 rings (SSSR count). The van der Waals surface area contributed by atoms with Crippen molar-refractivity contribution >= 4 is 16.6 Å². The lowest BCUT2D eigenvalue weighted by molar-refractivity contribution is 0.211. The minimum absolute atomic E-state index is 0.226. The summed E-state index contributed by atoms with van der Waals surface area (Å²) < 4.78 is 17.1. The fourth-order valence-electron chi connectivity index (χ4n) is 4.92. The second-order valence-electron chi connectivity index (χ2n) is 9.62. The summed E-state index contributed by atoms with van der Waals surface area (Å²) in [6.45, 7) is 10.3. The average molecular weight is 428 g/mol. The van der Waals surface area contributed by atoms with Crippen molar-refractivity contribution in [3.05, 3.63) is 23.4 Å². The highest BCUT2D eigenvalue weighted by molar-refractivity contribution is 5.96. The number of anilines is 1. The van der Waals surface area contributed by atoms with Gasteiger partial charge >= 0.3 is 0 Å². The number of likely N-dealkylation sites (tertiary alicyclic amines) is 1. The molecule has 0 unspecified atom stereocenters. The van der Waals surface area contributed by atoms with Crippen LogP contribution in [0.3, 0.4) is 0 Å². The molecule has 1 aliphatic heterocycles. The third-order valence-corrected chi connectivity index (χ3v) is 6.44. The molecule has 1 N–H and O–H groups in total. The van der Waals surface area contributed by atoms with Crippen molar-refractivity contribution < 1.29 is 14.2 Å². The molecule has 1 fully saturated rings. The Hall–Kier alpha value is -2.05. The van der Waals surface area contributed by atoms with Gasteiger partial charge in [0.1, 0.15) is 0 Å². The minimum Gasteiger partial charge on any atom is -0.493 e. The van der Waals surface area contributed by atoms with Gasteiger partial charge in [-0.3, -0.25) is 4.98 Å². The predicted octanol–water partition coefficient (Wildman–Crippen LogP) is 4.29. The number of nitrogens with zero attached hydrogens (tertiary/aromatic N) is 2. The van der Waals surface area contributed by atoms with Crippen LogP contribution in [0.1, 0.15) is 44.4 Å². The number of benzene rings is 1. The van der Waals surface area contributed by atoms with Crippen LogP contribution in [0.2, 0.25) is 0 Å². The van der Waals surface area contributed by atoms with E-state index in [0.717, 1.165) is 54.8 Å². The van der Waals surface area contributed by atoms with E-state index in [1.54, 1.807) is 14.2 Å². The van der Waals surface area contributed by atoms with E-state index in [9.17, 15) is 0 Å². The molecule has 0 radical (unpaired) electrons. The standard InChI is InChI=1S/C25H37N3O3/c1-25(2)16-19-21(17-25)27-20-15-23(31-12-7-11-28-9-5-6-10-28)22(30-4)14-18(20)24(19)26-8-13-29-3/h14-15H,5-13,16-17H2,1-4H3,(H,26,27). The molecule has 0 saturated carbocycles. The quantitative estimate of drug-likeness (QED) is 0.571. The first kappa shape index (κ1) is 22.2. The van der Waals surface area contributed by atoms with Crippen LogP contribution in [0.4, 0.5) is 5.69 Å². The van der Waals surface area contributed by atoms with Crippen LogP contribution in [0.25, 0.3) is 10.9 Å². The summed E-state index contributed by atoms with van der Waals surface area (Å²) in [5.74, 6) is 1.55. The smallest absolute Gasteiger partial charge is 0.163 e. The Morgan fingerprint density at radius 1 is 1.06 bits per heavy atom. The van der Waals surface area contributed by atoms with Crippen molar-refractivity contribution in [2.24, 2.45) is 5.41 Å². The highest BCUT2D eigenvalue weighted by atomic mass is 16.5. The molecule has 0 atom stereocenters. The zero-order valence-corrected chi connectivity index (χ0v) is 19.6. The monoisotopic (exact) mass is 427 g/mol. The minimum atomic E-state index is 0.226. The summed E-state index contributed by atoms with van der Waals surface area (Å²) in [5, 5.41) is 4.71. The highest BCUT2D eigenvalue weighted by Crippen LogP contribution is 2.44. The van der Waals surface area contributed by atoms with Gasteiger partial charge in [-0.15, -0.1) is 0 Å². The van der Waals surface area contributed by atoms with Gasteiger partial charge in [0.05, 0.1) is 25.8 Å². The second kappa shape index (κ2) is 9.61. The summed E-state index contributed by atoms with van der Waals surface area (Å²) in [7, 11) is 3.44. The first-order valence-corrected chi connectivity index (χ1v) is 11.6. The number of hydrogen-bond acceptors (Lipinski definition) is 6. The van der Waals surface area contributed by atoms with E-state index in [-0.39, 0.29) is 5.41 Å². The molecule has 2 heterocycles. The number of aromatic nitrogens is 1. The van der Waals surface area contributed by atoms with Gasteiger partial charge in [0.2, 0.25) is 0 Å². The van der Waals surface area contributed by atoms with E-state index in [4.69, 9.17) is 19.2 Å². The van der Waals surface area contributed by atoms with Gasteiger partial charge in [0.15, 0.2) is 11.5 Å². The number of methoxy groups -OCH3 is 2. The summed E-state index contributed by atoms with van der Waals surface area (Å²) >= 11 is 0. The van der Waals surface area contributed by atoms with Gasteiger partial charge in [-0.05, 0) is 62.2 Å². The highest BCUT2D eigenvalue weighted by Gasteiger charge is 2.32. The molecule has 1 aliphatic carbocycles. The Bertz CT molecular complexity index is 907. The lowest BCUT2D eigenvalue weighted by atomic mass is 9.90. The molecule has 1 aromatic heterocycles. The van der Waals surface area contributed by atoms with E-state index in [2.05, 4.69) is 36.2 Å². The Morgan fingerprint density at radius 2 is 1.87 bits per heavy atom. The molecule has 0 bridgehead atoms. The van der Waals surface area contributed by atoms with Crippen LogP contribution in [-0.4, -0.2) is 63.5 Å². The molecule has 2 aromatic rings. The third-order valence-electron chi connectivity index (χ3n) is 6.44. The van der Waals surface area contributed by atoms with Crippen LogP contribution in [-0.2, 0) is 17.6 Å². The summed E-state index contributed by atoms with van der Waals surface area (Å²) in [5.41, 5.74) is 4.88. The Labute approximate surface area is 186 Å². The Balaban J connectivity index is 1.59. The first-order valence-electron chi connectivity index (χ1n) is 11.6. The van der Waals surface area contributed by atoms with E-state index in [1.807, 2.05) is 0 Å². The lowest BCUT2D eigenvalue weighted by Gasteiger charge is -2.18. The number of rotatable bonds is 10. The summed E-state index contributed by atoms with van der Waals surface area (Å²) in [6.07, 6.45) is 5.70. The maximum Gasteiger partial charge on any atom is 0.163 e. The Morgan fingerprint density at radius 3 is 2.61 bits per heavy atom. The topological polar surface area (TPSA) is 55.8 Å². The van der Waals surface area contributed by atoms with Gasteiger partial charge in [-0.2, -0.15) is 0 Å². The van der Waals surface area contributed by atoms with Crippen molar-refractivity contribution in [2.75, 3.05) is 58.9 Å². The van der Waals surface area contributed by atoms with Crippen LogP contribution < -0.4 is 14.8 Å². The number of fused-ring (bicyclic) bond motifs is 2. The maximum absolute atomic E-state index is 6.16. The zero-order chi connectivity index (χ0) is 21.8. The molecular weight excluding hydrogens is 390 g/mol. The van der Waals surface area contributed by atoms with E-state index < -0.39 is 0 Å². The predicted molar refractivity (Wildman–Crippen MR) is 126 cm³/mol. The number of nitrogens with one attached hydrogen (secondary N) is 1. The second-order valence-corrected chi connectivity index (χ2v) is 9.62. The molecule has 170 valence electrons. The molecule has 1 saturated heterocycles. The van der Waals surface area contributed by atoms with Crippen molar-refractivity contribution in [3.63, 3.8) is 0 Å². The molecule has 31 heavy (non-hydrogen) atoms. The van der Waals surface area contributed by atoms with Crippen LogP contribution in [0, 0.1) is 5.41 Å².